The molecule has 1 aromatic rings. The van der Waals surface area contributed by atoms with E-state index < -0.39 is 17.8 Å². The van der Waals surface area contributed by atoms with E-state index in [0.29, 0.717) is 30.1 Å². The second-order valence-corrected chi connectivity index (χ2v) is 6.44. The monoisotopic (exact) mass is 338 g/mol. The number of amides is 2. The van der Waals surface area contributed by atoms with Gasteiger partial charge < -0.3 is 20.5 Å². The number of carbonyl (C=O) groups excluding carboxylic acids is 3. The molecule has 2 atom stereocenters. The van der Waals surface area contributed by atoms with Crippen LogP contribution in [0.1, 0.15) is 35.2 Å². The van der Waals surface area contributed by atoms with Crippen molar-refractivity contribution in [3.05, 3.63) is 29.3 Å². The number of benzene rings is 1. The molecule has 2 fully saturated rings. The van der Waals surface area contributed by atoms with E-state index in [1.54, 1.807) is 18.2 Å². The predicted octanol–water partition coefficient (Wildman–Crippen LogP) is -2.54. The van der Waals surface area contributed by atoms with E-state index in [0.717, 1.165) is 18.4 Å². The minimum atomic E-state index is -1.19. The molecule has 0 saturated heterocycles. The second kappa shape index (κ2) is 7.68. The molecule has 2 saturated carbocycles. The molecule has 1 aromatic carbocycles. The molecule has 0 aromatic heterocycles. The summed E-state index contributed by atoms with van der Waals surface area (Å²) in [6, 6.07) is 5.12. The Hall–Kier alpha value is -1.37. The van der Waals surface area contributed by atoms with Gasteiger partial charge in [0.1, 0.15) is 0 Å². The first-order chi connectivity index (χ1) is 11.0. The summed E-state index contributed by atoms with van der Waals surface area (Å²) in [5, 5.41) is 16.3. The summed E-state index contributed by atoms with van der Waals surface area (Å²) < 4.78 is 0. The average Bonchev–Trinajstić information content (AvgIpc) is 3.38. The predicted molar refractivity (Wildman–Crippen MR) is 81.5 cm³/mol. The molecule has 6 nitrogen and oxygen atoms in total. The number of aliphatic carboxylic acids is 1. The zero-order chi connectivity index (χ0) is 16.6. The fourth-order valence-electron chi connectivity index (χ4n) is 2.53. The minimum absolute atomic E-state index is 0. The van der Waals surface area contributed by atoms with Crippen molar-refractivity contribution in [2.24, 2.45) is 17.8 Å². The smallest absolute Gasteiger partial charge is 0.550 e. The molecule has 0 heterocycles. The first-order valence-electron chi connectivity index (χ1n) is 7.86. The fourth-order valence-corrected chi connectivity index (χ4v) is 2.53. The van der Waals surface area contributed by atoms with Gasteiger partial charge in [0.15, 0.2) is 0 Å². The van der Waals surface area contributed by atoms with Crippen molar-refractivity contribution in [3.63, 3.8) is 0 Å². The Morgan fingerprint density at radius 2 is 1.92 bits per heavy atom. The van der Waals surface area contributed by atoms with Gasteiger partial charge in [-0.3, -0.25) is 9.59 Å². The van der Waals surface area contributed by atoms with E-state index in [2.05, 4.69) is 10.6 Å². The van der Waals surface area contributed by atoms with E-state index in [1.165, 1.54) is 0 Å². The number of hydrogen-bond donors (Lipinski definition) is 2. The topological polar surface area (TPSA) is 98.3 Å². The maximum atomic E-state index is 12.1. The number of carboxylic acids is 1. The van der Waals surface area contributed by atoms with Crippen LogP contribution >= 0.6 is 0 Å². The van der Waals surface area contributed by atoms with Gasteiger partial charge in [0, 0.05) is 35.6 Å². The van der Waals surface area contributed by atoms with Gasteiger partial charge in [-0.25, -0.2) is 0 Å². The summed E-state index contributed by atoms with van der Waals surface area (Å²) in [5.41, 5.74) is 1.85. The van der Waals surface area contributed by atoms with Gasteiger partial charge in [-0.05, 0) is 49.8 Å². The van der Waals surface area contributed by atoms with Crippen LogP contribution in [0, 0.1) is 24.7 Å². The standard InChI is InChI=1S/C17H20N2O4.Na/c1-9-2-5-11(15(20)18-8-10-3-4-10)6-14(9)19-16(21)12-7-13(12)17(22)23;/h2,5-6,10,12-13H,3-4,7-8H2,1H3,(H,18,20)(H,19,21)(H,22,23);/q;+1/p-1/t12-,13+;/m1./s1. The van der Waals surface area contributed by atoms with Crippen LogP contribution in [0.2, 0.25) is 0 Å². The first-order valence-corrected chi connectivity index (χ1v) is 7.86. The van der Waals surface area contributed by atoms with Crippen LogP contribution in [0.3, 0.4) is 0 Å². The van der Waals surface area contributed by atoms with E-state index in [-0.39, 0.29) is 41.4 Å². The molecular weight excluding hydrogens is 319 g/mol. The quantitative estimate of drug-likeness (QED) is 0.559. The molecule has 0 radical (unpaired) electrons. The molecule has 0 unspecified atom stereocenters. The maximum Gasteiger partial charge on any atom is 1.00 e. The molecule has 0 spiro atoms. The summed E-state index contributed by atoms with van der Waals surface area (Å²) in [5.74, 6) is -2.31. The fraction of sp³-hybridized carbons (Fsp3) is 0.471. The number of hydrogen-bond acceptors (Lipinski definition) is 4. The van der Waals surface area contributed by atoms with Gasteiger partial charge in [0.25, 0.3) is 5.91 Å². The van der Waals surface area contributed by atoms with Gasteiger partial charge in [0.2, 0.25) is 5.91 Å². The SMILES string of the molecule is Cc1ccc(C(=O)NCC2CC2)cc1NC(=O)[C@@H]1C[C@@H]1C(=O)[O-].[Na+]. The van der Waals surface area contributed by atoms with Crippen molar-refractivity contribution in [2.45, 2.75) is 26.2 Å². The van der Waals surface area contributed by atoms with E-state index in [9.17, 15) is 19.5 Å². The number of carboxylic acid groups (broad SMARTS) is 1. The third-order valence-electron chi connectivity index (χ3n) is 4.44. The van der Waals surface area contributed by atoms with Crippen LogP contribution in [-0.4, -0.2) is 24.3 Å². The van der Waals surface area contributed by atoms with Crippen LogP contribution in [-0.2, 0) is 9.59 Å². The molecule has 7 heteroatoms. The Morgan fingerprint density at radius 3 is 2.50 bits per heavy atom. The number of rotatable bonds is 6. The average molecular weight is 338 g/mol. The van der Waals surface area contributed by atoms with Crippen LogP contribution in [0.15, 0.2) is 18.2 Å². The van der Waals surface area contributed by atoms with Crippen molar-refractivity contribution in [1.29, 1.82) is 0 Å². The van der Waals surface area contributed by atoms with Crippen molar-refractivity contribution in [2.75, 3.05) is 11.9 Å². The molecule has 2 amide bonds. The molecule has 2 aliphatic carbocycles. The Morgan fingerprint density at radius 1 is 1.21 bits per heavy atom. The first kappa shape index (κ1) is 19.0. The summed E-state index contributed by atoms with van der Waals surface area (Å²) >= 11 is 0. The Labute approximate surface area is 162 Å². The molecule has 24 heavy (non-hydrogen) atoms. The Bertz CT molecular complexity index is 673. The summed E-state index contributed by atoms with van der Waals surface area (Å²) in [7, 11) is 0. The Balaban J connectivity index is 0.00000208. The van der Waals surface area contributed by atoms with Gasteiger partial charge >= 0.3 is 29.6 Å². The van der Waals surface area contributed by atoms with Gasteiger partial charge in [-0.15, -0.1) is 0 Å². The van der Waals surface area contributed by atoms with Crippen molar-refractivity contribution in [3.8, 4) is 0 Å². The molecule has 122 valence electrons. The van der Waals surface area contributed by atoms with Gasteiger partial charge in [-0.1, -0.05) is 6.07 Å². The number of carbonyl (C=O) groups is 3. The van der Waals surface area contributed by atoms with Gasteiger partial charge in [0.05, 0.1) is 0 Å². The molecule has 0 aliphatic heterocycles. The normalized spacial score (nSPS) is 21.4. The maximum absolute atomic E-state index is 12.1. The van der Waals surface area contributed by atoms with Crippen molar-refractivity contribution in [1.82, 2.24) is 5.32 Å². The van der Waals surface area contributed by atoms with E-state index in [1.807, 2.05) is 6.92 Å². The summed E-state index contributed by atoms with van der Waals surface area (Å²) in [6.45, 7) is 2.51. The third-order valence-corrected chi connectivity index (χ3v) is 4.44. The van der Waals surface area contributed by atoms with Crippen LogP contribution < -0.4 is 45.3 Å². The zero-order valence-electron chi connectivity index (χ0n) is 13.9. The van der Waals surface area contributed by atoms with E-state index in [4.69, 9.17) is 0 Å². The van der Waals surface area contributed by atoms with E-state index >= 15 is 0 Å². The van der Waals surface area contributed by atoms with Crippen molar-refractivity contribution >= 4 is 23.5 Å². The van der Waals surface area contributed by atoms with Crippen LogP contribution in [0.5, 0.6) is 0 Å². The minimum Gasteiger partial charge on any atom is -0.550 e. The third kappa shape index (κ3) is 4.59. The number of anilines is 1. The second-order valence-electron chi connectivity index (χ2n) is 6.44. The van der Waals surface area contributed by atoms with Crippen molar-refractivity contribution < 1.29 is 49.0 Å². The van der Waals surface area contributed by atoms with Gasteiger partial charge in [-0.2, -0.15) is 0 Å². The number of aryl methyl sites for hydroxylation is 1. The van der Waals surface area contributed by atoms with Crippen LogP contribution in [0.25, 0.3) is 0 Å². The summed E-state index contributed by atoms with van der Waals surface area (Å²) in [6.07, 6.45) is 2.64. The largest absolute Gasteiger partial charge is 1.00 e. The molecule has 2 aliphatic rings. The zero-order valence-corrected chi connectivity index (χ0v) is 15.9. The molecule has 2 N–H and O–H groups in total. The summed E-state index contributed by atoms with van der Waals surface area (Å²) in [4.78, 5) is 34.9. The molecule has 3 rings (SSSR count). The Kier molecular flexibility index (Phi) is 6.06. The number of nitrogens with one attached hydrogen (secondary N) is 2. The molecular formula is C17H19N2NaO4. The molecule has 0 bridgehead atoms. The van der Waals surface area contributed by atoms with Crippen LogP contribution in [0.4, 0.5) is 5.69 Å².